The Hall–Kier alpha value is -1.95. The summed E-state index contributed by atoms with van der Waals surface area (Å²) in [6, 6.07) is 9.59. The van der Waals surface area contributed by atoms with Crippen molar-refractivity contribution in [1.82, 2.24) is 4.90 Å². The second-order valence-electron chi connectivity index (χ2n) is 8.39. The molecule has 0 amide bonds. The molecule has 33 heavy (non-hydrogen) atoms. The number of halogens is 2. The van der Waals surface area contributed by atoms with Crippen LogP contribution in [0.15, 0.2) is 30.3 Å². The number of unbranched alkanes of at least 4 members (excludes halogenated alkanes) is 1. The molecule has 1 fully saturated rings. The molecule has 0 saturated carbocycles. The SMILES string of the molecule is CCCc1c(Cl)cccc1N1CCN(CCCCC(=O)c2cc(Cl)c(OC)c(OC)c2)CC1. The number of nitrogens with zero attached hydrogens (tertiary/aromatic N) is 2. The Labute approximate surface area is 207 Å². The molecule has 1 aliphatic heterocycles. The Bertz CT molecular complexity index is 943. The number of piperazine rings is 1. The number of Topliss-reactive ketones (excluding diaryl/α,β-unsaturated/α-hetero) is 1. The number of carbonyl (C=O) groups excluding carboxylic acids is 1. The fourth-order valence-electron chi connectivity index (χ4n) is 4.40. The molecule has 2 aromatic rings. The number of rotatable bonds is 11. The van der Waals surface area contributed by atoms with E-state index in [-0.39, 0.29) is 5.78 Å². The standard InChI is InChI=1S/C26H34Cl2N2O3/c1-4-8-20-21(27)9-7-10-23(20)30-15-13-29(14-16-30)12-6-5-11-24(31)19-17-22(28)26(33-3)25(18-19)32-2/h7,9-10,17-18H,4-6,8,11-16H2,1-3H3. The topological polar surface area (TPSA) is 42.0 Å². The highest BCUT2D eigenvalue weighted by atomic mass is 35.5. The van der Waals surface area contributed by atoms with Gasteiger partial charge < -0.3 is 14.4 Å². The molecular weight excluding hydrogens is 459 g/mol. The van der Waals surface area contributed by atoms with Crippen molar-refractivity contribution in [3.8, 4) is 11.5 Å². The van der Waals surface area contributed by atoms with Crippen LogP contribution in [0.4, 0.5) is 5.69 Å². The van der Waals surface area contributed by atoms with Crippen LogP contribution in [-0.4, -0.2) is 57.6 Å². The predicted molar refractivity (Wildman–Crippen MR) is 137 cm³/mol. The van der Waals surface area contributed by atoms with Crippen molar-refractivity contribution in [2.75, 3.05) is 51.8 Å². The third-order valence-electron chi connectivity index (χ3n) is 6.19. The molecule has 2 aromatic carbocycles. The fourth-order valence-corrected chi connectivity index (χ4v) is 4.95. The maximum atomic E-state index is 12.6. The smallest absolute Gasteiger partial charge is 0.179 e. The third kappa shape index (κ3) is 6.56. The first-order chi connectivity index (χ1) is 16.0. The number of hydrogen-bond acceptors (Lipinski definition) is 5. The minimum atomic E-state index is 0.0760. The lowest BCUT2D eigenvalue weighted by atomic mass is 10.0. The van der Waals surface area contributed by atoms with Gasteiger partial charge in [-0.3, -0.25) is 9.69 Å². The highest BCUT2D eigenvalue weighted by Crippen LogP contribution is 2.36. The second kappa shape index (κ2) is 12.5. The highest BCUT2D eigenvalue weighted by Gasteiger charge is 2.20. The van der Waals surface area contributed by atoms with E-state index in [4.69, 9.17) is 32.7 Å². The van der Waals surface area contributed by atoms with Crippen molar-refractivity contribution in [3.63, 3.8) is 0 Å². The van der Waals surface area contributed by atoms with Crippen LogP contribution in [0.25, 0.3) is 0 Å². The zero-order chi connectivity index (χ0) is 23.8. The molecule has 1 saturated heterocycles. The largest absolute Gasteiger partial charge is 0.493 e. The van der Waals surface area contributed by atoms with Gasteiger partial charge >= 0.3 is 0 Å². The molecule has 0 radical (unpaired) electrons. The number of hydrogen-bond donors (Lipinski definition) is 0. The van der Waals surface area contributed by atoms with Crippen molar-refractivity contribution in [3.05, 3.63) is 51.5 Å². The summed E-state index contributed by atoms with van der Waals surface area (Å²) >= 11 is 12.7. The average molecular weight is 493 g/mol. The van der Waals surface area contributed by atoms with Crippen LogP contribution in [-0.2, 0) is 6.42 Å². The highest BCUT2D eigenvalue weighted by molar-refractivity contribution is 6.32. The minimum absolute atomic E-state index is 0.0760. The van der Waals surface area contributed by atoms with E-state index in [0.29, 0.717) is 28.5 Å². The maximum absolute atomic E-state index is 12.6. The van der Waals surface area contributed by atoms with Gasteiger partial charge in [0.25, 0.3) is 0 Å². The summed E-state index contributed by atoms with van der Waals surface area (Å²) in [7, 11) is 3.07. The summed E-state index contributed by atoms with van der Waals surface area (Å²) in [5.41, 5.74) is 3.11. The summed E-state index contributed by atoms with van der Waals surface area (Å²) in [5, 5.41) is 1.26. The van der Waals surface area contributed by atoms with Gasteiger partial charge in [-0.25, -0.2) is 0 Å². The van der Waals surface area contributed by atoms with Gasteiger partial charge in [0.2, 0.25) is 0 Å². The van der Waals surface area contributed by atoms with Crippen molar-refractivity contribution in [2.45, 2.75) is 39.0 Å². The van der Waals surface area contributed by atoms with Crippen LogP contribution < -0.4 is 14.4 Å². The minimum Gasteiger partial charge on any atom is -0.493 e. The van der Waals surface area contributed by atoms with Gasteiger partial charge in [0.15, 0.2) is 17.3 Å². The summed E-state index contributed by atoms with van der Waals surface area (Å²) in [6.07, 6.45) is 4.43. The van der Waals surface area contributed by atoms with Crippen LogP contribution in [0.1, 0.15) is 48.5 Å². The average Bonchev–Trinajstić information content (AvgIpc) is 2.83. The Balaban J connectivity index is 1.45. The number of ketones is 1. The van der Waals surface area contributed by atoms with Gasteiger partial charge in [-0.2, -0.15) is 0 Å². The Morgan fingerprint density at radius 2 is 1.76 bits per heavy atom. The Morgan fingerprint density at radius 3 is 2.42 bits per heavy atom. The lowest BCUT2D eigenvalue weighted by Crippen LogP contribution is -2.47. The van der Waals surface area contributed by atoms with Crippen LogP contribution in [0.2, 0.25) is 10.0 Å². The molecule has 7 heteroatoms. The summed E-state index contributed by atoms with van der Waals surface area (Å²) < 4.78 is 10.5. The van der Waals surface area contributed by atoms with E-state index in [0.717, 1.165) is 63.4 Å². The number of benzene rings is 2. The van der Waals surface area contributed by atoms with E-state index in [9.17, 15) is 4.79 Å². The molecule has 0 unspecified atom stereocenters. The van der Waals surface area contributed by atoms with Gasteiger partial charge in [-0.15, -0.1) is 0 Å². The fraction of sp³-hybridized carbons (Fsp3) is 0.500. The molecule has 5 nitrogen and oxygen atoms in total. The second-order valence-corrected chi connectivity index (χ2v) is 9.20. The maximum Gasteiger partial charge on any atom is 0.179 e. The predicted octanol–water partition coefficient (Wildman–Crippen LogP) is 6.14. The number of methoxy groups -OCH3 is 2. The van der Waals surface area contributed by atoms with Crippen LogP contribution >= 0.6 is 23.2 Å². The van der Waals surface area contributed by atoms with E-state index in [2.05, 4.69) is 22.8 Å². The number of anilines is 1. The first-order valence-electron chi connectivity index (χ1n) is 11.7. The first kappa shape index (κ1) is 25.7. The van der Waals surface area contributed by atoms with Gasteiger partial charge in [-0.05, 0) is 55.6 Å². The number of carbonyl (C=O) groups is 1. The molecule has 0 aliphatic carbocycles. The van der Waals surface area contributed by atoms with E-state index in [1.165, 1.54) is 18.4 Å². The van der Waals surface area contributed by atoms with E-state index >= 15 is 0 Å². The molecule has 1 aliphatic rings. The zero-order valence-electron chi connectivity index (χ0n) is 19.8. The van der Waals surface area contributed by atoms with E-state index in [1.807, 2.05) is 12.1 Å². The van der Waals surface area contributed by atoms with Gasteiger partial charge in [0, 0.05) is 48.9 Å². The van der Waals surface area contributed by atoms with E-state index < -0.39 is 0 Å². The first-order valence-corrected chi connectivity index (χ1v) is 12.4. The molecule has 1 heterocycles. The van der Waals surface area contributed by atoms with Crippen molar-refractivity contribution < 1.29 is 14.3 Å². The molecule has 0 spiro atoms. The third-order valence-corrected chi connectivity index (χ3v) is 6.83. The molecule has 0 aromatic heterocycles. The van der Waals surface area contributed by atoms with Gasteiger partial charge in [-0.1, -0.05) is 42.6 Å². The number of ether oxygens (including phenoxy) is 2. The zero-order valence-corrected chi connectivity index (χ0v) is 21.3. The van der Waals surface area contributed by atoms with Crippen molar-refractivity contribution >= 4 is 34.7 Å². The van der Waals surface area contributed by atoms with E-state index in [1.54, 1.807) is 19.2 Å². The lowest BCUT2D eigenvalue weighted by Gasteiger charge is -2.37. The lowest BCUT2D eigenvalue weighted by molar-refractivity contribution is 0.0977. The van der Waals surface area contributed by atoms with Crippen molar-refractivity contribution in [2.24, 2.45) is 0 Å². The molecule has 0 N–H and O–H groups in total. The summed E-state index contributed by atoms with van der Waals surface area (Å²) in [4.78, 5) is 17.6. The molecule has 0 atom stereocenters. The quantitative estimate of drug-likeness (QED) is 0.278. The molecule has 0 bridgehead atoms. The Kier molecular flexibility index (Phi) is 9.72. The van der Waals surface area contributed by atoms with Crippen LogP contribution in [0.5, 0.6) is 11.5 Å². The summed E-state index contributed by atoms with van der Waals surface area (Å²) in [5.74, 6) is 1.01. The normalized spacial score (nSPS) is 14.4. The van der Waals surface area contributed by atoms with Gasteiger partial charge in [0.05, 0.1) is 19.2 Å². The Morgan fingerprint density at radius 1 is 1.00 bits per heavy atom. The molecular formula is C26H34Cl2N2O3. The van der Waals surface area contributed by atoms with Crippen LogP contribution in [0, 0.1) is 0 Å². The summed E-state index contributed by atoms with van der Waals surface area (Å²) in [6.45, 7) is 7.25. The van der Waals surface area contributed by atoms with Crippen LogP contribution in [0.3, 0.4) is 0 Å². The van der Waals surface area contributed by atoms with Crippen molar-refractivity contribution in [1.29, 1.82) is 0 Å². The molecule has 180 valence electrons. The monoisotopic (exact) mass is 492 g/mol. The van der Waals surface area contributed by atoms with Gasteiger partial charge in [0.1, 0.15) is 0 Å². The molecule has 3 rings (SSSR count).